The number of benzene rings is 1. The fraction of sp³-hybridized carbons (Fsp3) is 0.417. The van der Waals surface area contributed by atoms with Gasteiger partial charge >= 0.3 is 0 Å². The van der Waals surface area contributed by atoms with Crippen LogP contribution in [0.3, 0.4) is 0 Å². The van der Waals surface area contributed by atoms with Crippen LogP contribution < -0.4 is 10.5 Å². The van der Waals surface area contributed by atoms with Crippen LogP contribution in [-0.4, -0.2) is 27.0 Å². The number of halogens is 1. The van der Waals surface area contributed by atoms with Crippen molar-refractivity contribution in [3.63, 3.8) is 0 Å². The molecule has 1 saturated heterocycles. The molecule has 0 saturated carbocycles. The number of ether oxygens (including phenoxy) is 1. The number of carbonyl (C=O) groups is 1. The Morgan fingerprint density at radius 1 is 1.50 bits per heavy atom. The molecule has 1 atom stereocenters. The third-order valence-corrected chi connectivity index (χ3v) is 3.93. The van der Waals surface area contributed by atoms with Crippen molar-refractivity contribution < 1.29 is 22.3 Å². The normalized spacial score (nSPS) is 19.0. The van der Waals surface area contributed by atoms with Crippen molar-refractivity contribution in [3.05, 3.63) is 24.0 Å². The van der Waals surface area contributed by atoms with E-state index >= 15 is 0 Å². The molecule has 0 radical (unpaired) electrons. The zero-order valence-corrected chi connectivity index (χ0v) is 11.5. The summed E-state index contributed by atoms with van der Waals surface area (Å²) in [6.07, 6.45) is 1.58. The van der Waals surface area contributed by atoms with Crippen molar-refractivity contribution in [2.45, 2.75) is 30.3 Å². The maximum Gasteiger partial charge on any atom is 0.240 e. The molecule has 2 rings (SSSR count). The summed E-state index contributed by atoms with van der Waals surface area (Å²) in [5.74, 6) is -1.10. The molecule has 1 aromatic carbocycles. The van der Waals surface area contributed by atoms with Crippen LogP contribution in [0.15, 0.2) is 23.1 Å². The van der Waals surface area contributed by atoms with Crippen LogP contribution in [0.2, 0.25) is 0 Å². The number of anilines is 1. The standard InChI is InChI=1S/C12H15FN2O4S/c13-8-3-4-11(20(14,17)18)10(6-8)15-12(16)7-9-2-1-5-19-9/h3-4,6,9H,1-2,5,7H2,(H,15,16)(H2,14,17,18). The summed E-state index contributed by atoms with van der Waals surface area (Å²) in [7, 11) is -4.04. The Hall–Kier alpha value is -1.51. The van der Waals surface area contributed by atoms with E-state index in [1.54, 1.807) is 0 Å². The van der Waals surface area contributed by atoms with Crippen LogP contribution in [0.1, 0.15) is 19.3 Å². The number of carbonyl (C=O) groups excluding carboxylic acids is 1. The van der Waals surface area contributed by atoms with E-state index in [-0.39, 0.29) is 23.1 Å². The molecule has 1 unspecified atom stereocenters. The van der Waals surface area contributed by atoms with Gasteiger partial charge in [0.2, 0.25) is 15.9 Å². The van der Waals surface area contributed by atoms with Crippen molar-refractivity contribution in [1.82, 2.24) is 0 Å². The van der Waals surface area contributed by atoms with Gasteiger partial charge in [-0.25, -0.2) is 17.9 Å². The zero-order chi connectivity index (χ0) is 14.8. The van der Waals surface area contributed by atoms with Gasteiger partial charge in [0.15, 0.2) is 0 Å². The highest BCUT2D eigenvalue weighted by Crippen LogP contribution is 2.22. The average Bonchev–Trinajstić information content (AvgIpc) is 2.79. The van der Waals surface area contributed by atoms with Crippen molar-refractivity contribution in [3.8, 4) is 0 Å². The Balaban J connectivity index is 2.15. The number of amides is 1. The predicted octanol–water partition coefficient (Wildman–Crippen LogP) is 0.981. The minimum atomic E-state index is -4.04. The highest BCUT2D eigenvalue weighted by atomic mass is 32.2. The summed E-state index contributed by atoms with van der Waals surface area (Å²) in [6.45, 7) is 0.611. The van der Waals surface area contributed by atoms with Gasteiger partial charge in [0.05, 0.1) is 18.2 Å². The van der Waals surface area contributed by atoms with E-state index in [2.05, 4.69) is 5.32 Å². The topological polar surface area (TPSA) is 98.5 Å². The number of nitrogens with one attached hydrogen (secondary N) is 1. The van der Waals surface area contributed by atoms with Crippen LogP contribution in [-0.2, 0) is 19.6 Å². The molecule has 6 nitrogen and oxygen atoms in total. The van der Waals surface area contributed by atoms with Gasteiger partial charge in [0.1, 0.15) is 10.7 Å². The van der Waals surface area contributed by atoms with Gasteiger partial charge in [-0.15, -0.1) is 0 Å². The minimum Gasteiger partial charge on any atom is -0.378 e. The molecule has 1 amide bonds. The summed E-state index contributed by atoms with van der Waals surface area (Å²) in [5.41, 5.74) is -0.157. The Bertz CT molecular complexity index is 612. The van der Waals surface area contributed by atoms with Gasteiger partial charge in [-0.1, -0.05) is 0 Å². The van der Waals surface area contributed by atoms with Gasteiger partial charge in [-0.2, -0.15) is 0 Å². The van der Waals surface area contributed by atoms with Crippen LogP contribution >= 0.6 is 0 Å². The molecule has 0 aromatic heterocycles. The van der Waals surface area contributed by atoms with Crippen molar-refractivity contribution in [1.29, 1.82) is 0 Å². The van der Waals surface area contributed by atoms with E-state index in [0.717, 1.165) is 31.0 Å². The second kappa shape index (κ2) is 5.86. The maximum absolute atomic E-state index is 13.2. The third-order valence-electron chi connectivity index (χ3n) is 2.96. The summed E-state index contributed by atoms with van der Waals surface area (Å²) in [5, 5.41) is 7.39. The predicted molar refractivity (Wildman–Crippen MR) is 70.0 cm³/mol. The van der Waals surface area contributed by atoms with Gasteiger partial charge in [0, 0.05) is 6.61 Å². The molecule has 8 heteroatoms. The molecule has 1 aliphatic rings. The molecule has 3 N–H and O–H groups in total. The fourth-order valence-electron chi connectivity index (χ4n) is 2.06. The van der Waals surface area contributed by atoms with E-state index in [1.807, 2.05) is 0 Å². The molecule has 1 heterocycles. The Morgan fingerprint density at radius 2 is 2.25 bits per heavy atom. The Morgan fingerprint density at radius 3 is 2.85 bits per heavy atom. The molecule has 0 bridgehead atoms. The van der Waals surface area contributed by atoms with E-state index in [4.69, 9.17) is 9.88 Å². The smallest absolute Gasteiger partial charge is 0.240 e. The number of sulfonamides is 1. The van der Waals surface area contributed by atoms with Gasteiger partial charge in [-0.3, -0.25) is 4.79 Å². The first kappa shape index (κ1) is 14.9. The summed E-state index contributed by atoms with van der Waals surface area (Å²) < 4.78 is 41.2. The molecule has 1 fully saturated rings. The van der Waals surface area contributed by atoms with Crippen molar-refractivity contribution in [2.75, 3.05) is 11.9 Å². The number of hydrogen-bond acceptors (Lipinski definition) is 4. The summed E-state index contributed by atoms with van der Waals surface area (Å²) in [4.78, 5) is 11.5. The van der Waals surface area contributed by atoms with Crippen molar-refractivity contribution in [2.24, 2.45) is 5.14 Å². The number of primary sulfonamides is 1. The molecule has 0 aliphatic carbocycles. The van der Waals surface area contributed by atoms with Crippen LogP contribution in [0.5, 0.6) is 0 Å². The molecule has 1 aliphatic heterocycles. The third kappa shape index (κ3) is 3.75. The molecule has 1 aromatic rings. The molecule has 20 heavy (non-hydrogen) atoms. The van der Waals surface area contributed by atoms with Crippen LogP contribution in [0.25, 0.3) is 0 Å². The van der Waals surface area contributed by atoms with E-state index < -0.39 is 21.7 Å². The highest BCUT2D eigenvalue weighted by Gasteiger charge is 2.21. The number of nitrogens with two attached hydrogens (primary N) is 1. The van der Waals surface area contributed by atoms with E-state index in [1.165, 1.54) is 0 Å². The first-order valence-electron chi connectivity index (χ1n) is 6.10. The lowest BCUT2D eigenvalue weighted by molar-refractivity contribution is -0.118. The van der Waals surface area contributed by atoms with Gasteiger partial charge in [0.25, 0.3) is 0 Å². The summed E-state index contributed by atoms with van der Waals surface area (Å²) >= 11 is 0. The monoisotopic (exact) mass is 302 g/mol. The van der Waals surface area contributed by atoms with Gasteiger partial charge in [-0.05, 0) is 31.0 Å². The fourth-order valence-corrected chi connectivity index (χ4v) is 2.74. The minimum absolute atomic E-state index is 0.0978. The lowest BCUT2D eigenvalue weighted by atomic mass is 10.2. The second-order valence-electron chi connectivity index (χ2n) is 4.57. The lowest BCUT2D eigenvalue weighted by Gasteiger charge is -2.12. The zero-order valence-electron chi connectivity index (χ0n) is 10.6. The largest absolute Gasteiger partial charge is 0.378 e. The molecule has 0 spiro atoms. The first-order valence-corrected chi connectivity index (χ1v) is 7.65. The number of rotatable bonds is 4. The Kier molecular flexibility index (Phi) is 4.36. The van der Waals surface area contributed by atoms with Crippen LogP contribution in [0.4, 0.5) is 10.1 Å². The first-order chi connectivity index (χ1) is 9.36. The lowest BCUT2D eigenvalue weighted by Crippen LogP contribution is -2.22. The second-order valence-corrected chi connectivity index (χ2v) is 6.10. The SMILES string of the molecule is NS(=O)(=O)c1ccc(F)cc1NC(=O)CC1CCCO1. The number of hydrogen-bond donors (Lipinski definition) is 2. The Labute approximate surface area is 116 Å². The van der Waals surface area contributed by atoms with Crippen LogP contribution in [0, 0.1) is 5.82 Å². The molecule has 110 valence electrons. The van der Waals surface area contributed by atoms with Gasteiger partial charge < -0.3 is 10.1 Å². The summed E-state index contributed by atoms with van der Waals surface area (Å²) in [6, 6.07) is 2.91. The average molecular weight is 302 g/mol. The molecular weight excluding hydrogens is 287 g/mol. The molecular formula is C12H15FN2O4S. The maximum atomic E-state index is 13.2. The highest BCUT2D eigenvalue weighted by molar-refractivity contribution is 7.89. The quantitative estimate of drug-likeness (QED) is 0.866. The van der Waals surface area contributed by atoms with E-state index in [9.17, 15) is 17.6 Å². The van der Waals surface area contributed by atoms with E-state index in [0.29, 0.717) is 6.61 Å². The van der Waals surface area contributed by atoms with Crippen molar-refractivity contribution >= 4 is 21.6 Å².